The van der Waals surface area contributed by atoms with Gasteiger partial charge in [0.25, 0.3) is 5.91 Å². The first-order chi connectivity index (χ1) is 15.3. The van der Waals surface area contributed by atoms with E-state index in [1.807, 2.05) is 55.1 Å². The van der Waals surface area contributed by atoms with Gasteiger partial charge in [-0.2, -0.15) is 0 Å². The van der Waals surface area contributed by atoms with Crippen molar-refractivity contribution in [2.24, 2.45) is 5.92 Å². The Morgan fingerprint density at radius 2 is 1.91 bits per heavy atom. The molecule has 0 spiro atoms. The number of thiazole rings is 1. The Hall–Kier alpha value is -2.41. The van der Waals surface area contributed by atoms with Crippen molar-refractivity contribution >= 4 is 51.5 Å². The van der Waals surface area contributed by atoms with Crippen LogP contribution in [-0.2, 0) is 0 Å². The Balaban J connectivity index is 1.53. The maximum absolute atomic E-state index is 13.8. The SMILES string of the molecule is Cc1nc(C(=O)N2CC[C@H](C)[C@H]2c2nc3cc(Cl)c(C)cc3[nH]2)c(-c2ccc(Cl)cc2)s1. The van der Waals surface area contributed by atoms with Crippen LogP contribution in [0.4, 0.5) is 0 Å². The van der Waals surface area contributed by atoms with Gasteiger partial charge < -0.3 is 9.88 Å². The smallest absolute Gasteiger partial charge is 0.274 e. The van der Waals surface area contributed by atoms with Crippen LogP contribution in [-0.4, -0.2) is 32.3 Å². The van der Waals surface area contributed by atoms with Crippen molar-refractivity contribution in [1.29, 1.82) is 0 Å². The van der Waals surface area contributed by atoms with Gasteiger partial charge in [-0.3, -0.25) is 4.79 Å². The zero-order valence-corrected chi connectivity index (χ0v) is 20.3. The van der Waals surface area contributed by atoms with Crippen molar-refractivity contribution in [2.75, 3.05) is 6.54 Å². The van der Waals surface area contributed by atoms with Crippen LogP contribution in [0.2, 0.25) is 10.0 Å². The molecule has 4 aromatic rings. The average Bonchev–Trinajstić information content (AvgIpc) is 3.45. The van der Waals surface area contributed by atoms with E-state index in [4.69, 9.17) is 28.2 Å². The molecule has 1 aliphatic rings. The highest BCUT2D eigenvalue weighted by Gasteiger charge is 2.39. The summed E-state index contributed by atoms with van der Waals surface area (Å²) in [6.07, 6.45) is 0.909. The highest BCUT2D eigenvalue weighted by molar-refractivity contribution is 7.15. The van der Waals surface area contributed by atoms with Gasteiger partial charge >= 0.3 is 0 Å². The second kappa shape index (κ2) is 8.18. The lowest BCUT2D eigenvalue weighted by atomic mass is 10.0. The number of H-pyrrole nitrogens is 1. The number of aromatic nitrogens is 3. The van der Waals surface area contributed by atoms with E-state index in [9.17, 15) is 4.79 Å². The van der Waals surface area contributed by atoms with Gasteiger partial charge in [-0.05, 0) is 61.6 Å². The molecule has 0 saturated carbocycles. The quantitative estimate of drug-likeness (QED) is 0.346. The molecule has 1 N–H and O–H groups in total. The zero-order chi connectivity index (χ0) is 22.6. The number of amides is 1. The van der Waals surface area contributed by atoms with Crippen molar-refractivity contribution in [3.05, 3.63) is 68.5 Å². The lowest BCUT2D eigenvalue weighted by Gasteiger charge is -2.25. The van der Waals surface area contributed by atoms with Gasteiger partial charge in [0.15, 0.2) is 0 Å². The second-order valence-corrected chi connectivity index (χ2v) is 10.4. The standard InChI is InChI=1S/C24H22Cl2N4OS/c1-12-8-9-30(21(12)23-28-18-10-13(2)17(26)11-19(18)29-23)24(31)20-22(32-14(3)27-20)15-4-6-16(25)7-5-15/h4-7,10-12,21H,8-9H2,1-3H3,(H,28,29)/t12-,21-/m0/s1. The Morgan fingerprint density at radius 3 is 2.66 bits per heavy atom. The molecule has 164 valence electrons. The fourth-order valence-corrected chi connectivity index (χ4v) is 5.60. The minimum Gasteiger partial charge on any atom is -0.340 e. The summed E-state index contributed by atoms with van der Waals surface area (Å²) in [6.45, 7) is 6.73. The lowest BCUT2D eigenvalue weighted by molar-refractivity contribution is 0.0710. The van der Waals surface area contributed by atoms with Crippen LogP contribution in [0.15, 0.2) is 36.4 Å². The number of nitrogens with one attached hydrogen (secondary N) is 1. The van der Waals surface area contributed by atoms with Gasteiger partial charge in [0.05, 0.1) is 27.0 Å². The highest BCUT2D eigenvalue weighted by atomic mass is 35.5. The van der Waals surface area contributed by atoms with Crippen LogP contribution in [0.1, 0.15) is 46.3 Å². The summed E-state index contributed by atoms with van der Waals surface area (Å²) in [5, 5.41) is 2.21. The minimum atomic E-state index is -0.144. The number of hydrogen-bond donors (Lipinski definition) is 1. The van der Waals surface area contributed by atoms with Crippen LogP contribution in [0.5, 0.6) is 0 Å². The summed E-state index contributed by atoms with van der Waals surface area (Å²) in [6, 6.07) is 11.3. The van der Waals surface area contributed by atoms with Crippen molar-refractivity contribution in [1.82, 2.24) is 19.9 Å². The van der Waals surface area contributed by atoms with E-state index in [2.05, 4.69) is 16.9 Å². The van der Waals surface area contributed by atoms with Crippen molar-refractivity contribution in [2.45, 2.75) is 33.2 Å². The van der Waals surface area contributed by atoms with Crippen LogP contribution in [0.25, 0.3) is 21.5 Å². The average molecular weight is 485 g/mol. The first-order valence-electron chi connectivity index (χ1n) is 10.5. The van der Waals surface area contributed by atoms with E-state index in [0.717, 1.165) is 44.3 Å². The monoisotopic (exact) mass is 484 g/mol. The molecule has 0 radical (unpaired) electrons. The molecular weight excluding hydrogens is 463 g/mol. The number of rotatable bonds is 3. The molecule has 0 unspecified atom stereocenters. The molecule has 1 amide bonds. The molecule has 32 heavy (non-hydrogen) atoms. The van der Waals surface area contributed by atoms with Gasteiger partial charge in [0.2, 0.25) is 0 Å². The Kier molecular flexibility index (Phi) is 5.48. The zero-order valence-electron chi connectivity index (χ0n) is 17.9. The summed E-state index contributed by atoms with van der Waals surface area (Å²) < 4.78 is 0. The van der Waals surface area contributed by atoms with E-state index >= 15 is 0 Å². The number of aromatic amines is 1. The van der Waals surface area contributed by atoms with E-state index in [0.29, 0.717) is 22.3 Å². The summed E-state index contributed by atoms with van der Waals surface area (Å²) in [7, 11) is 0. The molecule has 3 heterocycles. The van der Waals surface area contributed by atoms with E-state index in [1.54, 1.807) is 0 Å². The third-order valence-electron chi connectivity index (χ3n) is 6.06. The molecule has 5 rings (SSSR count). The Labute approximate surface area is 200 Å². The van der Waals surface area contributed by atoms with Crippen LogP contribution in [0, 0.1) is 19.8 Å². The summed E-state index contributed by atoms with van der Waals surface area (Å²) in [4.78, 5) is 29.4. The number of nitrogens with zero attached hydrogens (tertiary/aromatic N) is 3. The molecule has 1 fully saturated rings. The van der Waals surface area contributed by atoms with Crippen LogP contribution >= 0.6 is 34.5 Å². The number of benzene rings is 2. The second-order valence-electron chi connectivity index (χ2n) is 8.37. The molecule has 0 bridgehead atoms. The van der Waals surface area contributed by atoms with Gasteiger partial charge in [-0.1, -0.05) is 42.3 Å². The molecule has 0 aliphatic carbocycles. The molecule has 2 aromatic carbocycles. The molecule has 2 aromatic heterocycles. The molecule has 1 aliphatic heterocycles. The van der Waals surface area contributed by atoms with Crippen molar-refractivity contribution in [3.63, 3.8) is 0 Å². The van der Waals surface area contributed by atoms with E-state index < -0.39 is 0 Å². The maximum Gasteiger partial charge on any atom is 0.274 e. The summed E-state index contributed by atoms with van der Waals surface area (Å²) in [5.74, 6) is 0.998. The number of aryl methyl sites for hydroxylation is 2. The normalized spacial score (nSPS) is 18.6. The molecule has 1 saturated heterocycles. The predicted octanol–water partition coefficient (Wildman–Crippen LogP) is 6.83. The number of imidazole rings is 1. The third kappa shape index (κ3) is 3.70. The molecule has 8 heteroatoms. The molecular formula is C24H22Cl2N4OS. The highest BCUT2D eigenvalue weighted by Crippen LogP contribution is 2.40. The van der Waals surface area contributed by atoms with Crippen molar-refractivity contribution in [3.8, 4) is 10.4 Å². The number of likely N-dealkylation sites (tertiary alicyclic amines) is 1. The Morgan fingerprint density at radius 1 is 1.16 bits per heavy atom. The van der Waals surface area contributed by atoms with E-state index in [1.165, 1.54) is 11.3 Å². The predicted molar refractivity (Wildman–Crippen MR) is 131 cm³/mol. The first kappa shape index (κ1) is 21.4. The lowest BCUT2D eigenvalue weighted by Crippen LogP contribution is -2.33. The number of carbonyl (C=O) groups is 1. The minimum absolute atomic E-state index is 0.0664. The fourth-order valence-electron chi connectivity index (χ4n) is 4.40. The molecule has 2 atom stereocenters. The first-order valence-corrected chi connectivity index (χ1v) is 12.1. The van der Waals surface area contributed by atoms with Crippen LogP contribution < -0.4 is 0 Å². The molecule has 5 nitrogen and oxygen atoms in total. The third-order valence-corrected chi connectivity index (χ3v) is 7.74. The van der Waals surface area contributed by atoms with Crippen LogP contribution in [0.3, 0.4) is 0 Å². The van der Waals surface area contributed by atoms with Gasteiger partial charge in [-0.15, -0.1) is 11.3 Å². The number of fused-ring (bicyclic) bond motifs is 1. The van der Waals surface area contributed by atoms with Crippen molar-refractivity contribution < 1.29 is 4.79 Å². The largest absolute Gasteiger partial charge is 0.340 e. The number of carbonyl (C=O) groups excluding carboxylic acids is 1. The summed E-state index contributed by atoms with van der Waals surface area (Å²) >= 11 is 13.9. The van der Waals surface area contributed by atoms with Gasteiger partial charge in [0.1, 0.15) is 11.5 Å². The topological polar surface area (TPSA) is 61.9 Å². The summed E-state index contributed by atoms with van der Waals surface area (Å²) in [5.41, 5.74) is 4.17. The van der Waals surface area contributed by atoms with Gasteiger partial charge in [0, 0.05) is 16.6 Å². The number of halogens is 2. The maximum atomic E-state index is 13.8. The Bertz CT molecular complexity index is 1290. The van der Waals surface area contributed by atoms with Gasteiger partial charge in [-0.25, -0.2) is 9.97 Å². The fraction of sp³-hybridized carbons (Fsp3) is 0.292. The van der Waals surface area contributed by atoms with E-state index in [-0.39, 0.29) is 17.9 Å². The number of hydrogen-bond acceptors (Lipinski definition) is 4.